The van der Waals surface area contributed by atoms with Gasteiger partial charge in [-0.2, -0.15) is 0 Å². The molecule has 1 aromatic rings. The number of aryl methyl sites for hydroxylation is 1. The van der Waals surface area contributed by atoms with Crippen LogP contribution in [0, 0.1) is 0 Å². The van der Waals surface area contributed by atoms with Gasteiger partial charge in [0.1, 0.15) is 6.04 Å². The van der Waals surface area contributed by atoms with Gasteiger partial charge in [0.25, 0.3) is 0 Å². The molecule has 0 aliphatic heterocycles. The fourth-order valence-electron chi connectivity index (χ4n) is 2.53. The van der Waals surface area contributed by atoms with Crippen molar-refractivity contribution < 1.29 is 14.6 Å². The van der Waals surface area contributed by atoms with E-state index in [9.17, 15) is 4.79 Å². The Bertz CT molecular complexity index is 419. The summed E-state index contributed by atoms with van der Waals surface area (Å²) in [5, 5.41) is 12.3. The van der Waals surface area contributed by atoms with Gasteiger partial charge in [0.05, 0.1) is 6.61 Å². The summed E-state index contributed by atoms with van der Waals surface area (Å²) >= 11 is 0. The van der Waals surface area contributed by atoms with Crippen molar-refractivity contribution in [2.45, 2.75) is 31.3 Å². The second-order valence-corrected chi connectivity index (χ2v) is 4.66. The number of ether oxygens (including phenoxy) is 1. The molecule has 0 fully saturated rings. The molecule has 0 amide bonds. The third-order valence-electron chi connectivity index (χ3n) is 3.40. The zero-order valence-electron chi connectivity index (χ0n) is 10.6. The molecule has 2 N–H and O–H groups in total. The highest BCUT2D eigenvalue weighted by Crippen LogP contribution is 2.29. The van der Waals surface area contributed by atoms with Crippen molar-refractivity contribution in [1.29, 1.82) is 0 Å². The smallest absolute Gasteiger partial charge is 0.323 e. The van der Waals surface area contributed by atoms with E-state index in [4.69, 9.17) is 9.84 Å². The van der Waals surface area contributed by atoms with E-state index in [1.165, 1.54) is 18.2 Å². The van der Waals surface area contributed by atoms with Gasteiger partial charge in [0, 0.05) is 13.2 Å². The van der Waals surface area contributed by atoms with Crippen LogP contribution >= 0.6 is 0 Å². The largest absolute Gasteiger partial charge is 0.480 e. The molecule has 2 atom stereocenters. The first-order chi connectivity index (χ1) is 8.72. The van der Waals surface area contributed by atoms with E-state index in [0.717, 1.165) is 19.3 Å². The average Bonchev–Trinajstić information content (AvgIpc) is 2.38. The molecule has 4 heteroatoms. The van der Waals surface area contributed by atoms with Gasteiger partial charge < -0.3 is 9.84 Å². The van der Waals surface area contributed by atoms with Gasteiger partial charge in [-0.25, -0.2) is 0 Å². The molecule has 18 heavy (non-hydrogen) atoms. The van der Waals surface area contributed by atoms with Crippen molar-refractivity contribution in [3.63, 3.8) is 0 Å². The van der Waals surface area contributed by atoms with Gasteiger partial charge in [-0.05, 0) is 30.4 Å². The summed E-state index contributed by atoms with van der Waals surface area (Å²) in [6, 6.07) is 7.71. The second-order valence-electron chi connectivity index (χ2n) is 4.66. The molecule has 1 aliphatic carbocycles. The number of fused-ring (bicyclic) bond motifs is 1. The van der Waals surface area contributed by atoms with Crippen LogP contribution < -0.4 is 5.32 Å². The van der Waals surface area contributed by atoms with Crippen LogP contribution in [0.25, 0.3) is 0 Å². The van der Waals surface area contributed by atoms with Gasteiger partial charge in [-0.1, -0.05) is 24.3 Å². The van der Waals surface area contributed by atoms with Crippen LogP contribution in [-0.4, -0.2) is 30.8 Å². The standard InChI is InChI=1S/C14H19NO3/c1-18-9-13(14(16)17)15-12-8-4-6-10-5-2-3-7-11(10)12/h2-3,5,7,12-13,15H,4,6,8-9H2,1H3,(H,16,17). The lowest BCUT2D eigenvalue weighted by atomic mass is 9.87. The molecule has 1 aliphatic rings. The highest BCUT2D eigenvalue weighted by Gasteiger charge is 2.25. The SMILES string of the molecule is COCC(NC1CCCc2ccccc21)C(=O)O. The maximum atomic E-state index is 11.1. The Hall–Kier alpha value is -1.39. The Morgan fingerprint density at radius 2 is 2.33 bits per heavy atom. The lowest BCUT2D eigenvalue weighted by molar-refractivity contribution is -0.141. The number of carboxylic acid groups (broad SMARTS) is 1. The Morgan fingerprint density at radius 3 is 3.06 bits per heavy atom. The Labute approximate surface area is 107 Å². The topological polar surface area (TPSA) is 58.6 Å². The minimum atomic E-state index is -0.861. The van der Waals surface area contributed by atoms with Crippen molar-refractivity contribution in [2.75, 3.05) is 13.7 Å². The molecule has 0 bridgehead atoms. The molecule has 2 unspecified atom stereocenters. The number of carbonyl (C=O) groups is 1. The van der Waals surface area contributed by atoms with E-state index >= 15 is 0 Å². The Kier molecular flexibility index (Phi) is 4.33. The maximum Gasteiger partial charge on any atom is 0.323 e. The summed E-state index contributed by atoms with van der Waals surface area (Å²) < 4.78 is 4.95. The third kappa shape index (κ3) is 2.89. The molecule has 0 aromatic heterocycles. The first kappa shape index (κ1) is 13.1. The van der Waals surface area contributed by atoms with Crippen LogP contribution in [0.4, 0.5) is 0 Å². The van der Waals surface area contributed by atoms with Gasteiger partial charge in [-0.15, -0.1) is 0 Å². The summed E-state index contributed by atoms with van der Waals surface area (Å²) in [5.74, 6) is -0.861. The lowest BCUT2D eigenvalue weighted by Gasteiger charge is -2.28. The minimum absolute atomic E-state index is 0.117. The van der Waals surface area contributed by atoms with Crippen molar-refractivity contribution in [1.82, 2.24) is 5.32 Å². The van der Waals surface area contributed by atoms with Crippen LogP contribution in [0.5, 0.6) is 0 Å². The molecule has 0 spiro atoms. The summed E-state index contributed by atoms with van der Waals surface area (Å²) in [4.78, 5) is 11.1. The molecule has 0 radical (unpaired) electrons. The first-order valence-electron chi connectivity index (χ1n) is 6.28. The summed E-state index contributed by atoms with van der Waals surface area (Å²) in [6.07, 6.45) is 3.15. The number of benzene rings is 1. The van der Waals surface area contributed by atoms with Gasteiger partial charge >= 0.3 is 5.97 Å². The first-order valence-corrected chi connectivity index (χ1v) is 6.28. The van der Waals surface area contributed by atoms with Crippen LogP contribution in [0.1, 0.15) is 30.0 Å². The molecule has 0 saturated carbocycles. The summed E-state index contributed by atoms with van der Waals surface area (Å²) in [7, 11) is 1.52. The van der Waals surface area contributed by atoms with Crippen LogP contribution in [-0.2, 0) is 16.0 Å². The molecular formula is C14H19NO3. The van der Waals surface area contributed by atoms with Gasteiger partial charge in [0.2, 0.25) is 0 Å². The molecular weight excluding hydrogens is 230 g/mol. The number of methoxy groups -OCH3 is 1. The fourth-order valence-corrected chi connectivity index (χ4v) is 2.53. The van der Waals surface area contributed by atoms with E-state index in [1.807, 2.05) is 12.1 Å². The second kappa shape index (κ2) is 5.98. The highest BCUT2D eigenvalue weighted by molar-refractivity contribution is 5.73. The summed E-state index contributed by atoms with van der Waals surface area (Å²) in [6.45, 7) is 0.188. The predicted molar refractivity (Wildman–Crippen MR) is 68.6 cm³/mol. The van der Waals surface area contributed by atoms with Crippen molar-refractivity contribution in [3.8, 4) is 0 Å². The third-order valence-corrected chi connectivity index (χ3v) is 3.40. The van der Waals surface area contributed by atoms with Crippen molar-refractivity contribution >= 4 is 5.97 Å². The lowest BCUT2D eigenvalue weighted by Crippen LogP contribution is -2.43. The Morgan fingerprint density at radius 1 is 1.56 bits per heavy atom. The average molecular weight is 249 g/mol. The number of hydrogen-bond acceptors (Lipinski definition) is 3. The van der Waals surface area contributed by atoms with E-state index in [0.29, 0.717) is 0 Å². The van der Waals surface area contributed by atoms with Crippen molar-refractivity contribution in [2.24, 2.45) is 0 Å². The normalized spacial score (nSPS) is 20.2. The number of nitrogens with one attached hydrogen (secondary N) is 1. The Balaban J connectivity index is 2.12. The molecule has 0 saturated heterocycles. The van der Waals surface area contributed by atoms with E-state index in [-0.39, 0.29) is 12.6 Å². The van der Waals surface area contributed by atoms with Gasteiger partial charge in [-0.3, -0.25) is 10.1 Å². The fraction of sp³-hybridized carbons (Fsp3) is 0.500. The predicted octanol–water partition coefficient (Wildman–Crippen LogP) is 1.75. The van der Waals surface area contributed by atoms with E-state index < -0.39 is 12.0 Å². The minimum Gasteiger partial charge on any atom is -0.480 e. The van der Waals surface area contributed by atoms with Crippen LogP contribution in [0.2, 0.25) is 0 Å². The monoisotopic (exact) mass is 249 g/mol. The zero-order valence-corrected chi connectivity index (χ0v) is 10.6. The van der Waals surface area contributed by atoms with Gasteiger partial charge in [0.15, 0.2) is 0 Å². The molecule has 0 heterocycles. The van der Waals surface area contributed by atoms with Crippen LogP contribution in [0.15, 0.2) is 24.3 Å². The van der Waals surface area contributed by atoms with Crippen molar-refractivity contribution in [3.05, 3.63) is 35.4 Å². The maximum absolute atomic E-state index is 11.1. The molecule has 2 rings (SSSR count). The highest BCUT2D eigenvalue weighted by atomic mass is 16.5. The molecule has 1 aromatic carbocycles. The quantitative estimate of drug-likeness (QED) is 0.834. The van der Waals surface area contributed by atoms with E-state index in [1.54, 1.807) is 0 Å². The number of rotatable bonds is 5. The zero-order chi connectivity index (χ0) is 13.0. The summed E-state index contributed by atoms with van der Waals surface area (Å²) in [5.41, 5.74) is 2.55. The van der Waals surface area contributed by atoms with E-state index in [2.05, 4.69) is 17.4 Å². The van der Waals surface area contributed by atoms with Crippen LogP contribution in [0.3, 0.4) is 0 Å². The number of hydrogen-bond donors (Lipinski definition) is 2. The molecule has 4 nitrogen and oxygen atoms in total. The number of aliphatic carboxylic acids is 1. The molecule has 98 valence electrons. The number of carboxylic acids is 1.